The highest BCUT2D eigenvalue weighted by molar-refractivity contribution is 6.38. The number of amides is 2. The van der Waals surface area contributed by atoms with Gasteiger partial charge in [-0.1, -0.05) is 12.1 Å². The van der Waals surface area contributed by atoms with Crippen molar-refractivity contribution < 1.29 is 52.8 Å². The molecule has 13 nitrogen and oxygen atoms in total. The van der Waals surface area contributed by atoms with E-state index in [1.165, 1.54) is 63.3 Å². The maximum Gasteiger partial charge on any atom is 0.330 e. The van der Waals surface area contributed by atoms with Crippen molar-refractivity contribution in [3.8, 4) is 23.0 Å². The van der Waals surface area contributed by atoms with Crippen molar-refractivity contribution in [1.29, 1.82) is 0 Å². The standard InChI is InChI=1S/C35H44N2O11/c1-6-9-31(40)47-21-35(2,3)32(41)33(42)37-15-8-7-10-26(37)34(43)48-27(13-11-22-12-14-28(44-4)29(16-22)45-5)23-17-24(38)19-25(18-23)46-20-30(36)39/h6,9,12,14,16-19,26-27,38H,7-8,10-11,13,15,20-21H2,1-5H3,(H2,36,39)/b9-6-/t26-,27+/m0/s1. The SMILES string of the molecule is C/C=C\C(=O)OCC(C)(C)C(=O)C(=O)N1CCCC[C@H]1C(=O)O[C@H](CCc1ccc(OC)c(OC)c1)c1cc(O)cc(OCC(N)=O)c1. The van der Waals surface area contributed by atoms with E-state index in [9.17, 15) is 29.1 Å². The molecule has 2 aromatic rings. The molecule has 0 bridgehead atoms. The Bertz CT molecular complexity index is 1520. The molecule has 1 aliphatic rings. The zero-order valence-electron chi connectivity index (χ0n) is 28.0. The Labute approximate surface area is 279 Å². The molecule has 48 heavy (non-hydrogen) atoms. The number of ether oxygens (including phenoxy) is 5. The number of benzene rings is 2. The van der Waals surface area contributed by atoms with Crippen molar-refractivity contribution in [3.63, 3.8) is 0 Å². The number of rotatable bonds is 16. The van der Waals surface area contributed by atoms with Crippen LogP contribution in [0.15, 0.2) is 48.6 Å². The molecule has 2 amide bonds. The van der Waals surface area contributed by atoms with Crippen LogP contribution in [0.3, 0.4) is 0 Å². The molecule has 2 aromatic carbocycles. The van der Waals surface area contributed by atoms with Crippen LogP contribution in [0.5, 0.6) is 23.0 Å². The number of esters is 2. The number of ketones is 1. The smallest absolute Gasteiger partial charge is 0.330 e. The average Bonchev–Trinajstić information content (AvgIpc) is 3.07. The number of hydrogen-bond donors (Lipinski definition) is 2. The monoisotopic (exact) mass is 668 g/mol. The molecule has 0 unspecified atom stereocenters. The van der Waals surface area contributed by atoms with Crippen LogP contribution in [0, 0.1) is 5.41 Å². The predicted molar refractivity (Wildman–Crippen MR) is 173 cm³/mol. The van der Waals surface area contributed by atoms with Gasteiger partial charge in [-0.05, 0) is 88.3 Å². The number of carbonyl (C=O) groups is 5. The molecule has 13 heteroatoms. The lowest BCUT2D eigenvalue weighted by Crippen LogP contribution is -2.53. The predicted octanol–water partition coefficient (Wildman–Crippen LogP) is 3.59. The van der Waals surface area contributed by atoms with Crippen LogP contribution in [-0.4, -0.2) is 79.6 Å². The molecule has 1 aliphatic heterocycles. The van der Waals surface area contributed by atoms with Gasteiger partial charge in [0.05, 0.1) is 19.6 Å². The average molecular weight is 669 g/mol. The van der Waals surface area contributed by atoms with Crippen LogP contribution in [-0.2, 0) is 39.9 Å². The third kappa shape index (κ3) is 10.2. The fraction of sp³-hybridized carbons (Fsp3) is 0.457. The summed E-state index contributed by atoms with van der Waals surface area (Å²) >= 11 is 0. The number of nitrogens with two attached hydrogens (primary N) is 1. The Morgan fingerprint density at radius 2 is 1.77 bits per heavy atom. The first kappa shape index (κ1) is 37.4. The van der Waals surface area contributed by atoms with E-state index in [2.05, 4.69) is 0 Å². The van der Waals surface area contributed by atoms with Crippen LogP contribution in [0.25, 0.3) is 0 Å². The number of allylic oxidation sites excluding steroid dienone is 1. The Hall–Kier alpha value is -5.07. The minimum atomic E-state index is -1.34. The van der Waals surface area contributed by atoms with Gasteiger partial charge in [-0.3, -0.25) is 14.4 Å². The summed E-state index contributed by atoms with van der Waals surface area (Å²) in [4.78, 5) is 65.1. The summed E-state index contributed by atoms with van der Waals surface area (Å²) in [6.45, 7) is 4.05. The lowest BCUT2D eigenvalue weighted by atomic mass is 9.87. The highest BCUT2D eigenvalue weighted by atomic mass is 16.5. The number of phenolic OH excluding ortho intramolecular Hbond substituents is 1. The van der Waals surface area contributed by atoms with Crippen molar-refractivity contribution in [2.45, 2.75) is 65.0 Å². The molecule has 0 spiro atoms. The molecule has 0 aliphatic carbocycles. The normalized spacial score (nSPS) is 15.4. The van der Waals surface area contributed by atoms with Gasteiger partial charge in [-0.2, -0.15) is 0 Å². The summed E-state index contributed by atoms with van der Waals surface area (Å²) in [5, 5.41) is 10.5. The third-order valence-electron chi connectivity index (χ3n) is 7.79. The Morgan fingerprint density at radius 3 is 2.44 bits per heavy atom. The fourth-order valence-electron chi connectivity index (χ4n) is 5.22. The number of Topliss-reactive ketones (excluding diaryl/α,β-unsaturated/α-hetero) is 1. The van der Waals surface area contributed by atoms with Crippen molar-refractivity contribution in [2.24, 2.45) is 11.1 Å². The molecule has 1 heterocycles. The second kappa shape index (κ2) is 17.2. The molecule has 0 aromatic heterocycles. The van der Waals surface area contributed by atoms with Gasteiger partial charge in [-0.25, -0.2) is 9.59 Å². The van der Waals surface area contributed by atoms with E-state index in [0.717, 1.165) is 5.56 Å². The number of aromatic hydroxyl groups is 1. The summed E-state index contributed by atoms with van der Waals surface area (Å²) in [5.41, 5.74) is 5.09. The van der Waals surface area contributed by atoms with E-state index < -0.39 is 53.7 Å². The first-order chi connectivity index (χ1) is 22.8. The Balaban J connectivity index is 1.88. The first-order valence-electron chi connectivity index (χ1n) is 15.6. The van der Waals surface area contributed by atoms with E-state index in [1.807, 2.05) is 6.07 Å². The molecular formula is C35H44N2O11. The van der Waals surface area contributed by atoms with Crippen molar-refractivity contribution in [1.82, 2.24) is 4.90 Å². The maximum absolute atomic E-state index is 13.8. The largest absolute Gasteiger partial charge is 0.508 e. The Morgan fingerprint density at radius 1 is 1.04 bits per heavy atom. The van der Waals surface area contributed by atoms with Gasteiger partial charge in [0.15, 0.2) is 18.1 Å². The second-order valence-corrected chi connectivity index (χ2v) is 12.0. The molecule has 0 radical (unpaired) electrons. The molecule has 0 saturated carbocycles. The van der Waals surface area contributed by atoms with Crippen molar-refractivity contribution >= 4 is 29.5 Å². The maximum atomic E-state index is 13.8. The zero-order valence-corrected chi connectivity index (χ0v) is 28.0. The quantitative estimate of drug-likeness (QED) is 0.152. The van der Waals surface area contributed by atoms with Crippen molar-refractivity contribution in [2.75, 3.05) is 34.0 Å². The van der Waals surface area contributed by atoms with Gasteiger partial charge in [0.25, 0.3) is 11.8 Å². The van der Waals surface area contributed by atoms with E-state index >= 15 is 0 Å². The van der Waals surface area contributed by atoms with Crippen LogP contribution in [0.4, 0.5) is 0 Å². The molecule has 2 atom stereocenters. The molecular weight excluding hydrogens is 624 g/mol. The van der Waals surface area contributed by atoms with Gasteiger partial charge in [0, 0.05) is 18.7 Å². The van der Waals surface area contributed by atoms with E-state index in [-0.39, 0.29) is 37.5 Å². The summed E-state index contributed by atoms with van der Waals surface area (Å²) in [7, 11) is 3.05. The second-order valence-electron chi connectivity index (χ2n) is 12.0. The number of likely N-dealkylation sites (tertiary alicyclic amines) is 1. The van der Waals surface area contributed by atoms with Gasteiger partial charge < -0.3 is 39.4 Å². The van der Waals surface area contributed by atoms with Crippen LogP contribution < -0.4 is 19.9 Å². The first-order valence-corrected chi connectivity index (χ1v) is 15.6. The third-order valence-corrected chi connectivity index (χ3v) is 7.79. The van der Waals surface area contributed by atoms with Gasteiger partial charge in [0.1, 0.15) is 30.3 Å². The molecule has 1 saturated heterocycles. The fourth-order valence-corrected chi connectivity index (χ4v) is 5.22. The van der Waals surface area contributed by atoms with Crippen molar-refractivity contribution in [3.05, 3.63) is 59.7 Å². The summed E-state index contributed by atoms with van der Waals surface area (Å²) in [6, 6.07) is 8.58. The number of primary amides is 1. The van der Waals surface area contributed by atoms with E-state index in [4.69, 9.17) is 29.4 Å². The Kier molecular flexibility index (Phi) is 13.4. The lowest BCUT2D eigenvalue weighted by Gasteiger charge is -2.36. The number of methoxy groups -OCH3 is 2. The number of aryl methyl sites for hydroxylation is 1. The summed E-state index contributed by atoms with van der Waals surface area (Å²) in [6.07, 6.45) is 3.88. The molecule has 3 rings (SSSR count). The topological polar surface area (TPSA) is 181 Å². The molecule has 3 N–H and O–H groups in total. The number of piperidine rings is 1. The zero-order chi connectivity index (χ0) is 35.4. The highest BCUT2D eigenvalue weighted by Crippen LogP contribution is 2.34. The summed E-state index contributed by atoms with van der Waals surface area (Å²) < 4.78 is 27.3. The highest BCUT2D eigenvalue weighted by Gasteiger charge is 2.42. The number of phenols is 1. The minimum absolute atomic E-state index is 0.133. The number of carbonyl (C=O) groups excluding carboxylic acids is 5. The van der Waals surface area contributed by atoms with E-state index in [1.54, 1.807) is 19.1 Å². The summed E-state index contributed by atoms with van der Waals surface area (Å²) in [5.74, 6) is -2.76. The molecule has 1 fully saturated rings. The van der Waals surface area contributed by atoms with Crippen LogP contribution in [0.2, 0.25) is 0 Å². The van der Waals surface area contributed by atoms with Gasteiger partial charge >= 0.3 is 11.9 Å². The molecule has 260 valence electrons. The van der Waals surface area contributed by atoms with Crippen LogP contribution >= 0.6 is 0 Å². The van der Waals surface area contributed by atoms with Gasteiger partial charge in [-0.15, -0.1) is 0 Å². The minimum Gasteiger partial charge on any atom is -0.508 e. The number of nitrogens with zero attached hydrogens (tertiary/aromatic N) is 1. The number of hydrogen-bond acceptors (Lipinski definition) is 11. The lowest BCUT2D eigenvalue weighted by molar-refractivity contribution is -0.165. The van der Waals surface area contributed by atoms with E-state index in [0.29, 0.717) is 36.3 Å². The van der Waals surface area contributed by atoms with Crippen LogP contribution in [0.1, 0.15) is 63.7 Å². The van der Waals surface area contributed by atoms with Gasteiger partial charge in [0.2, 0.25) is 5.78 Å².